The van der Waals surface area contributed by atoms with Crippen molar-refractivity contribution in [2.75, 3.05) is 0 Å². The van der Waals surface area contributed by atoms with Crippen LogP contribution in [-0.4, -0.2) is 55.3 Å². The van der Waals surface area contributed by atoms with Crippen LogP contribution in [-0.2, 0) is 0 Å². The van der Waals surface area contributed by atoms with Gasteiger partial charge in [-0.25, -0.2) is 0 Å². The van der Waals surface area contributed by atoms with Crippen molar-refractivity contribution in [1.82, 2.24) is 7.10 Å². The van der Waals surface area contributed by atoms with Crippen LogP contribution in [0.3, 0.4) is 0 Å². The van der Waals surface area contributed by atoms with E-state index in [4.69, 9.17) is 0 Å². The molecule has 0 bridgehead atoms. The normalized spacial score (nSPS) is 11.7. The summed E-state index contributed by atoms with van der Waals surface area (Å²) in [6.07, 6.45) is 0. The average molecular weight is 411 g/mol. The molecule has 2 heterocycles. The molecule has 2 aromatic heterocycles. The molecule has 2 nitrogen and oxygen atoms in total. The van der Waals surface area contributed by atoms with Crippen molar-refractivity contribution in [3.63, 3.8) is 0 Å². The van der Waals surface area contributed by atoms with Gasteiger partial charge < -0.3 is 7.10 Å². The summed E-state index contributed by atoms with van der Waals surface area (Å²) in [5.41, 5.74) is 5.23. The Morgan fingerprint density at radius 2 is 0.897 bits per heavy atom. The van der Waals surface area contributed by atoms with Gasteiger partial charge in [0.2, 0.25) is 0 Å². The van der Waals surface area contributed by atoms with Gasteiger partial charge in [0.1, 0.15) is 0 Å². The third-order valence-electron chi connectivity index (χ3n) is 5.70. The van der Waals surface area contributed by atoms with Crippen LogP contribution >= 0.6 is 0 Å². The lowest BCUT2D eigenvalue weighted by Gasteiger charge is -2.11. The third-order valence-corrected chi connectivity index (χ3v) is 7.99. The van der Waals surface area contributed by atoms with E-state index in [0.717, 1.165) is 0 Å². The Hall–Kier alpha value is -1.92. The molecule has 0 amide bonds. The summed E-state index contributed by atoms with van der Waals surface area (Å²) in [5, 5.41) is 5.31. The molecule has 5 radical (unpaired) electrons. The number of hydrogen-bond donors (Lipinski definition) is 0. The van der Waals surface area contributed by atoms with E-state index < -0.39 is 0 Å². The van der Waals surface area contributed by atoms with E-state index in [1.807, 2.05) is 0 Å². The Balaban J connectivity index is 1.69. The van der Waals surface area contributed by atoms with E-state index >= 15 is 0 Å². The van der Waals surface area contributed by atoms with Gasteiger partial charge in [0.25, 0.3) is 0 Å². The molecule has 0 aliphatic heterocycles. The number of para-hydroxylation sites is 2. The molecule has 0 saturated carbocycles. The molecule has 5 heteroatoms. The topological polar surface area (TPSA) is 9.86 Å². The molecule has 6 rings (SSSR count). The van der Waals surface area contributed by atoms with Crippen LogP contribution in [0.15, 0.2) is 84.9 Å². The van der Waals surface area contributed by atoms with Crippen molar-refractivity contribution in [1.29, 1.82) is 0 Å². The summed E-state index contributed by atoms with van der Waals surface area (Å²) in [5.74, 6) is 0. The van der Waals surface area contributed by atoms with Crippen molar-refractivity contribution < 1.29 is 0 Å². The second-order valence-corrected chi connectivity index (χ2v) is 10.0. The SMILES string of the molecule is [Al][c]1ccc2c(c1)c1ccccc1[n]2[Al][n]1c2ccccc2c2c[c]([Al])ccc21. The van der Waals surface area contributed by atoms with Crippen LogP contribution < -0.4 is 8.85 Å². The smallest absolute Gasteiger partial charge is 0.420 e. The van der Waals surface area contributed by atoms with Crippen LogP contribution in [0, 0.1) is 0 Å². The van der Waals surface area contributed by atoms with Gasteiger partial charge in [-0.3, -0.25) is 0 Å². The van der Waals surface area contributed by atoms with Crippen molar-refractivity contribution >= 4 is 101 Å². The largest absolute Gasteiger partial charge is 0.564 e. The number of benzene rings is 4. The molecule has 0 aliphatic carbocycles. The van der Waals surface area contributed by atoms with Crippen LogP contribution in [0.4, 0.5) is 0 Å². The number of aromatic nitrogens is 2. The van der Waals surface area contributed by atoms with Gasteiger partial charge in [-0.2, -0.15) is 0 Å². The minimum atomic E-state index is -0.194. The zero-order valence-corrected chi connectivity index (χ0v) is 19.2. The van der Waals surface area contributed by atoms with Gasteiger partial charge >= 0.3 is 15.7 Å². The molecule has 0 fully saturated rings. The molecular weight excluding hydrogens is 397 g/mol. The van der Waals surface area contributed by atoms with Gasteiger partial charge in [0.15, 0.2) is 32.6 Å². The summed E-state index contributed by atoms with van der Waals surface area (Å²) >= 11 is 5.46. The predicted octanol–water partition coefficient (Wildman–Crippen LogP) is 3.42. The third kappa shape index (κ3) is 2.75. The molecule has 0 aliphatic rings. The summed E-state index contributed by atoms with van der Waals surface area (Å²) in [6.45, 7) is 0. The highest BCUT2D eigenvalue weighted by molar-refractivity contribution is 6.43. The van der Waals surface area contributed by atoms with Crippen LogP contribution in [0.5, 0.6) is 0 Å². The van der Waals surface area contributed by atoms with Gasteiger partial charge in [-0.15, -0.1) is 8.85 Å². The molecule has 0 N–H and O–H groups in total. The van der Waals surface area contributed by atoms with E-state index in [0.29, 0.717) is 0 Å². The number of nitrogens with zero attached hydrogens (tertiary/aromatic N) is 2. The predicted molar refractivity (Wildman–Crippen MR) is 126 cm³/mol. The first-order valence-electron chi connectivity index (χ1n) is 9.62. The molecule has 129 valence electrons. The highest BCUT2D eigenvalue weighted by Crippen LogP contribution is 2.30. The zero-order valence-electron chi connectivity index (χ0n) is 15.7. The van der Waals surface area contributed by atoms with E-state index in [9.17, 15) is 0 Å². The maximum Gasteiger partial charge on any atom is 0.564 e. The highest BCUT2D eigenvalue weighted by atomic mass is 27.1. The fourth-order valence-corrected chi connectivity index (χ4v) is 6.56. The van der Waals surface area contributed by atoms with Crippen LogP contribution in [0.1, 0.15) is 0 Å². The van der Waals surface area contributed by atoms with E-state index in [1.165, 1.54) is 52.5 Å². The Morgan fingerprint density at radius 3 is 1.38 bits per heavy atom. The van der Waals surface area contributed by atoms with Crippen molar-refractivity contribution in [2.24, 2.45) is 0 Å². The molecule has 6 aromatic rings. The maximum absolute atomic E-state index is 2.83. The number of hydrogen-bond acceptors (Lipinski definition) is 0. The Labute approximate surface area is 191 Å². The van der Waals surface area contributed by atoms with Gasteiger partial charge in [-0.05, 0) is 24.3 Å². The number of rotatable bonds is 2. The maximum atomic E-state index is 2.83. The first-order chi connectivity index (χ1) is 14.2. The standard InChI is InChI=1S/2C12H7N.3Al/c2*1-3-7-11-9(5-1)10-6-2-4-8-12(10)13-11;;;/h2*1,3-8H;;;/q2*-1;;;+2. The van der Waals surface area contributed by atoms with E-state index in [2.05, 4.69) is 125 Å². The van der Waals surface area contributed by atoms with Crippen molar-refractivity contribution in [3.8, 4) is 0 Å². The first kappa shape index (κ1) is 17.9. The highest BCUT2D eigenvalue weighted by Gasteiger charge is 2.17. The summed E-state index contributed by atoms with van der Waals surface area (Å²) < 4.78 is 7.49. The Bertz CT molecular complexity index is 1440. The molecule has 0 spiro atoms. The van der Waals surface area contributed by atoms with Gasteiger partial charge in [0.05, 0.1) is 0 Å². The number of fused-ring (bicyclic) bond motifs is 6. The molecule has 0 unspecified atom stereocenters. The van der Waals surface area contributed by atoms with E-state index in [1.54, 1.807) is 0 Å². The van der Waals surface area contributed by atoms with Gasteiger partial charge in [0, 0.05) is 43.6 Å². The second-order valence-electron chi connectivity index (χ2n) is 7.44. The van der Waals surface area contributed by atoms with Gasteiger partial charge in [-0.1, -0.05) is 60.7 Å². The quantitative estimate of drug-likeness (QED) is 0.387. The molecule has 0 atom stereocenters. The fraction of sp³-hybridized carbons (Fsp3) is 0. The van der Waals surface area contributed by atoms with Crippen molar-refractivity contribution in [3.05, 3.63) is 84.9 Å². The lowest BCUT2D eigenvalue weighted by molar-refractivity contribution is 1.23. The average Bonchev–Trinajstić information content (AvgIpc) is 3.22. The molecular formula is C24H14Al3N2. The summed E-state index contributed by atoms with van der Waals surface area (Å²) in [4.78, 5) is 0. The second kappa shape index (κ2) is 6.81. The molecule has 0 saturated heterocycles. The van der Waals surface area contributed by atoms with Crippen LogP contribution in [0.25, 0.3) is 43.6 Å². The minimum absolute atomic E-state index is 0.194. The monoisotopic (exact) mass is 411 g/mol. The molecule has 4 aromatic carbocycles. The first-order valence-corrected chi connectivity index (χ1v) is 11.8. The lowest BCUT2D eigenvalue weighted by Crippen LogP contribution is -2.16. The van der Waals surface area contributed by atoms with Crippen molar-refractivity contribution in [2.45, 2.75) is 0 Å². The Morgan fingerprint density at radius 1 is 0.483 bits per heavy atom. The zero-order chi connectivity index (χ0) is 19.5. The lowest BCUT2D eigenvalue weighted by atomic mass is 10.1. The fourth-order valence-electron chi connectivity index (χ4n) is 4.41. The summed E-state index contributed by atoms with van der Waals surface area (Å²) in [7, 11) is 0. The Kier molecular flexibility index (Phi) is 4.20. The van der Waals surface area contributed by atoms with E-state index in [-0.39, 0.29) is 15.7 Å². The molecule has 29 heavy (non-hydrogen) atoms. The summed E-state index contributed by atoms with van der Waals surface area (Å²) in [6, 6.07) is 31.0. The minimum Gasteiger partial charge on any atom is -0.420 e. The van der Waals surface area contributed by atoms with Crippen LogP contribution in [0.2, 0.25) is 0 Å².